The van der Waals surface area contributed by atoms with Crippen LogP contribution < -0.4 is 4.90 Å². The van der Waals surface area contributed by atoms with Gasteiger partial charge in [-0.15, -0.1) is 0 Å². The summed E-state index contributed by atoms with van der Waals surface area (Å²) in [4.78, 5) is 2.41. The second-order valence-corrected chi connectivity index (χ2v) is 16.1. The second kappa shape index (κ2) is 14.8. The predicted octanol–water partition coefficient (Wildman–Crippen LogP) is 17.2. The van der Waals surface area contributed by atoms with Crippen LogP contribution in [0, 0.1) is 0 Å². The topological polar surface area (TPSA) is 16.4 Å². The van der Waals surface area contributed by atoms with Gasteiger partial charge in [-0.05, 0) is 120 Å². The molecule has 290 valence electrons. The zero-order valence-electron chi connectivity index (χ0n) is 33.9. The van der Waals surface area contributed by atoms with Gasteiger partial charge in [-0.2, -0.15) is 0 Å². The third-order valence-corrected chi connectivity index (χ3v) is 12.5. The first-order valence-corrected chi connectivity index (χ1v) is 21.2. The Morgan fingerprint density at radius 1 is 0.274 bits per heavy atom. The molecule has 0 aliphatic rings. The van der Waals surface area contributed by atoms with Crippen LogP contribution in [0.25, 0.3) is 98.8 Å². The average molecular weight is 790 g/mol. The minimum atomic E-state index is 0.899. The molecule has 0 N–H and O–H groups in total. The number of anilines is 3. The SMILES string of the molecule is c1ccc(-c2ccc(-c3ccc4ccccc4c3-c3ccc(N(c4ccc(-c5ccc6c(c5)oc5ccccc56)cc4)c4cc5ccccc5c5ccccc45)cc3)cc2)cc1. The molecule has 2 heteroatoms. The van der Waals surface area contributed by atoms with Crippen LogP contribution in [0.1, 0.15) is 0 Å². The number of hydrogen-bond donors (Lipinski definition) is 0. The number of benzene rings is 11. The lowest BCUT2D eigenvalue weighted by molar-refractivity contribution is 0.669. The Balaban J connectivity index is 0.988. The zero-order valence-corrected chi connectivity index (χ0v) is 33.9. The molecule has 0 aliphatic heterocycles. The smallest absolute Gasteiger partial charge is 0.136 e. The first-order valence-electron chi connectivity index (χ1n) is 21.2. The maximum atomic E-state index is 6.28. The van der Waals surface area contributed by atoms with Crippen LogP contribution in [0.2, 0.25) is 0 Å². The van der Waals surface area contributed by atoms with E-state index in [-0.39, 0.29) is 0 Å². The molecule has 1 heterocycles. The van der Waals surface area contributed by atoms with Crippen LogP contribution in [-0.2, 0) is 0 Å². The Hall–Kier alpha value is -8.20. The summed E-state index contributed by atoms with van der Waals surface area (Å²) in [6, 6.07) is 85.6. The predicted molar refractivity (Wildman–Crippen MR) is 263 cm³/mol. The normalized spacial score (nSPS) is 11.5. The van der Waals surface area contributed by atoms with Gasteiger partial charge in [0.15, 0.2) is 0 Å². The number of rotatable bonds is 7. The van der Waals surface area contributed by atoms with E-state index in [0.29, 0.717) is 0 Å². The van der Waals surface area contributed by atoms with Gasteiger partial charge in [-0.25, -0.2) is 0 Å². The van der Waals surface area contributed by atoms with E-state index < -0.39 is 0 Å². The van der Waals surface area contributed by atoms with Crippen molar-refractivity contribution in [1.29, 1.82) is 0 Å². The van der Waals surface area contributed by atoms with Gasteiger partial charge in [0.2, 0.25) is 0 Å². The summed E-state index contributed by atoms with van der Waals surface area (Å²) in [6.07, 6.45) is 0. The van der Waals surface area contributed by atoms with E-state index >= 15 is 0 Å². The summed E-state index contributed by atoms with van der Waals surface area (Å²) < 4.78 is 6.28. The first-order chi connectivity index (χ1) is 30.7. The van der Waals surface area contributed by atoms with Crippen molar-refractivity contribution < 1.29 is 4.42 Å². The van der Waals surface area contributed by atoms with Crippen LogP contribution in [-0.4, -0.2) is 0 Å². The summed E-state index contributed by atoms with van der Waals surface area (Å²) in [5.41, 5.74) is 14.6. The average Bonchev–Trinajstić information content (AvgIpc) is 3.73. The summed E-state index contributed by atoms with van der Waals surface area (Å²) >= 11 is 0. The fourth-order valence-electron chi connectivity index (χ4n) is 9.43. The molecular weight excluding hydrogens is 751 g/mol. The highest BCUT2D eigenvalue weighted by Crippen LogP contribution is 2.45. The van der Waals surface area contributed by atoms with E-state index in [4.69, 9.17) is 4.42 Å². The molecule has 1 aromatic heterocycles. The second-order valence-electron chi connectivity index (χ2n) is 16.1. The molecule has 0 amide bonds. The van der Waals surface area contributed by atoms with Crippen molar-refractivity contribution >= 4 is 71.3 Å². The van der Waals surface area contributed by atoms with Crippen molar-refractivity contribution in [2.24, 2.45) is 0 Å². The highest BCUT2D eigenvalue weighted by Gasteiger charge is 2.19. The summed E-state index contributed by atoms with van der Waals surface area (Å²) in [7, 11) is 0. The maximum absolute atomic E-state index is 6.28. The van der Waals surface area contributed by atoms with Crippen molar-refractivity contribution in [2.75, 3.05) is 4.90 Å². The molecule has 2 nitrogen and oxygen atoms in total. The van der Waals surface area contributed by atoms with E-state index in [0.717, 1.165) is 50.1 Å². The molecule has 0 bridgehead atoms. The molecule has 12 rings (SSSR count). The van der Waals surface area contributed by atoms with Crippen molar-refractivity contribution in [2.45, 2.75) is 0 Å². The lowest BCUT2D eigenvalue weighted by Crippen LogP contribution is -2.10. The standard InChI is InChI=1S/C60H39NO/c1-2-12-40(13-3-1)41-22-24-44(25-23-41)52-36-30-43-14-4-7-17-51(43)60(52)45-28-34-49(35-29-45)61(57-38-47-15-5-6-16-50(47)53-18-8-9-19-54(53)57)48-32-26-42(27-33-48)46-31-37-56-55-20-10-11-21-58(55)62-59(56)39-46/h1-39H. The molecular formula is C60H39NO. The Kier molecular flexibility index (Phi) is 8.53. The van der Waals surface area contributed by atoms with Crippen molar-refractivity contribution in [3.05, 3.63) is 237 Å². The Morgan fingerprint density at radius 2 is 0.790 bits per heavy atom. The molecule has 62 heavy (non-hydrogen) atoms. The fraction of sp³-hybridized carbons (Fsp3) is 0. The van der Waals surface area contributed by atoms with Gasteiger partial charge in [-0.1, -0.05) is 188 Å². The van der Waals surface area contributed by atoms with Gasteiger partial charge in [0.05, 0.1) is 5.69 Å². The van der Waals surface area contributed by atoms with E-state index in [1.54, 1.807) is 0 Å². The van der Waals surface area contributed by atoms with Gasteiger partial charge in [0, 0.05) is 27.5 Å². The lowest BCUT2D eigenvalue weighted by Gasteiger charge is -2.28. The molecule has 0 saturated heterocycles. The lowest BCUT2D eigenvalue weighted by atomic mass is 9.89. The summed E-state index contributed by atoms with van der Waals surface area (Å²) in [5, 5.41) is 9.62. The quantitative estimate of drug-likeness (QED) is 0.150. The summed E-state index contributed by atoms with van der Waals surface area (Å²) in [5.74, 6) is 0. The van der Waals surface area contributed by atoms with Gasteiger partial charge < -0.3 is 9.32 Å². The van der Waals surface area contributed by atoms with Crippen molar-refractivity contribution in [1.82, 2.24) is 0 Å². The van der Waals surface area contributed by atoms with Crippen LogP contribution >= 0.6 is 0 Å². The van der Waals surface area contributed by atoms with Gasteiger partial charge >= 0.3 is 0 Å². The molecule has 0 radical (unpaired) electrons. The largest absolute Gasteiger partial charge is 0.456 e. The minimum absolute atomic E-state index is 0.899. The van der Waals surface area contributed by atoms with Gasteiger partial charge in [0.1, 0.15) is 11.2 Å². The zero-order chi connectivity index (χ0) is 41.0. The molecule has 11 aromatic carbocycles. The monoisotopic (exact) mass is 789 g/mol. The number of furan rings is 1. The maximum Gasteiger partial charge on any atom is 0.136 e. The van der Waals surface area contributed by atoms with Crippen molar-refractivity contribution in [3.63, 3.8) is 0 Å². The Bertz CT molecular complexity index is 3600. The van der Waals surface area contributed by atoms with Crippen molar-refractivity contribution in [3.8, 4) is 44.5 Å². The van der Waals surface area contributed by atoms with E-state index in [1.807, 2.05) is 12.1 Å². The number of hydrogen-bond acceptors (Lipinski definition) is 2. The molecule has 0 spiro atoms. The third-order valence-electron chi connectivity index (χ3n) is 12.5. The number of para-hydroxylation sites is 1. The molecule has 0 atom stereocenters. The number of fused-ring (bicyclic) bond motifs is 7. The van der Waals surface area contributed by atoms with Gasteiger partial charge in [-0.3, -0.25) is 0 Å². The first kappa shape index (κ1) is 35.7. The third kappa shape index (κ3) is 6.12. The van der Waals surface area contributed by atoms with Crippen LogP contribution in [0.3, 0.4) is 0 Å². The van der Waals surface area contributed by atoms with Crippen LogP contribution in [0.15, 0.2) is 241 Å². The molecule has 0 unspecified atom stereocenters. The van der Waals surface area contributed by atoms with Gasteiger partial charge in [0.25, 0.3) is 0 Å². The van der Waals surface area contributed by atoms with E-state index in [9.17, 15) is 0 Å². The van der Waals surface area contributed by atoms with Crippen LogP contribution in [0.5, 0.6) is 0 Å². The van der Waals surface area contributed by atoms with Crippen LogP contribution in [0.4, 0.5) is 17.1 Å². The Morgan fingerprint density at radius 3 is 1.55 bits per heavy atom. The van der Waals surface area contributed by atoms with E-state index in [2.05, 4.69) is 229 Å². The van der Waals surface area contributed by atoms with E-state index in [1.165, 1.54) is 65.7 Å². The minimum Gasteiger partial charge on any atom is -0.456 e. The molecule has 0 saturated carbocycles. The fourth-order valence-corrected chi connectivity index (χ4v) is 9.43. The highest BCUT2D eigenvalue weighted by molar-refractivity contribution is 6.15. The molecule has 12 aromatic rings. The Labute approximate surface area is 360 Å². The summed E-state index contributed by atoms with van der Waals surface area (Å²) in [6.45, 7) is 0. The molecule has 0 aliphatic carbocycles. The number of nitrogens with zero attached hydrogens (tertiary/aromatic N) is 1. The highest BCUT2D eigenvalue weighted by atomic mass is 16.3. The molecule has 0 fully saturated rings.